The van der Waals surface area contributed by atoms with Gasteiger partial charge in [-0.1, -0.05) is 233 Å². The third-order valence-electron chi connectivity index (χ3n) is 15.2. The highest BCUT2D eigenvalue weighted by Crippen LogP contribution is 2.16. The van der Waals surface area contributed by atoms with Crippen LogP contribution in [-0.4, -0.2) is 157 Å². The summed E-state index contributed by atoms with van der Waals surface area (Å²) in [4.78, 5) is 41.3. The summed E-state index contributed by atoms with van der Waals surface area (Å²) < 4.78 is 19.0. The smallest absolute Gasteiger partial charge is 0.361 e. The number of hydrogen-bond donors (Lipinski definition) is 0. The number of quaternary nitrogens is 3. The van der Waals surface area contributed by atoms with Gasteiger partial charge in [-0.2, -0.15) is 0 Å². The molecule has 0 N–H and O–H groups in total. The van der Waals surface area contributed by atoms with Crippen LogP contribution in [0.5, 0.6) is 0 Å². The molecule has 0 aromatic heterocycles. The summed E-state index contributed by atoms with van der Waals surface area (Å²) >= 11 is 0. The van der Waals surface area contributed by atoms with Crippen LogP contribution in [0.15, 0.2) is 0 Å². The number of hydrogen-bond acceptors (Lipinski definition) is 7. The van der Waals surface area contributed by atoms with Crippen molar-refractivity contribution in [3.05, 3.63) is 0 Å². The Morgan fingerprint density at radius 1 is 0.274 bits per heavy atom. The summed E-state index contributed by atoms with van der Waals surface area (Å²) in [6, 6.07) is 0. The van der Waals surface area contributed by atoms with E-state index in [1.165, 1.54) is 193 Å². The van der Waals surface area contributed by atoms with Gasteiger partial charge < -0.3 is 32.6 Å². The zero-order valence-electron chi connectivity index (χ0n) is 50.8. The summed E-state index contributed by atoms with van der Waals surface area (Å²) in [5, 5.41) is 0. The van der Waals surface area contributed by atoms with Crippen molar-refractivity contribution in [2.24, 2.45) is 0 Å². The molecule has 0 amide bonds. The molecule has 0 unspecified atom stereocenters. The van der Waals surface area contributed by atoms with Crippen LogP contribution in [0.25, 0.3) is 0 Å². The second-order valence-corrected chi connectivity index (χ2v) is 24.7. The van der Waals surface area contributed by atoms with Gasteiger partial charge in [0.1, 0.15) is 0 Å². The predicted octanol–water partition coefficient (Wildman–Crippen LogP) is 15.4. The number of carbonyl (C=O) groups excluding carboxylic acids is 3. The van der Waals surface area contributed by atoms with Crippen LogP contribution in [0.3, 0.4) is 0 Å². The Hall–Kier alpha value is -1.75. The van der Waals surface area contributed by atoms with Gasteiger partial charge in [0.15, 0.2) is 19.6 Å². The van der Waals surface area contributed by atoms with Crippen molar-refractivity contribution < 1.29 is 42.0 Å². The molecule has 0 aromatic rings. The van der Waals surface area contributed by atoms with Crippen molar-refractivity contribution in [3.63, 3.8) is 0 Å². The van der Waals surface area contributed by atoms with Gasteiger partial charge in [-0.05, 0) is 19.3 Å². The van der Waals surface area contributed by atoms with E-state index in [2.05, 4.69) is 68.0 Å². The lowest BCUT2D eigenvalue weighted by Crippen LogP contribution is -2.47. The first kappa shape index (κ1) is 71.2. The molecule has 434 valence electrons. The summed E-state index contributed by atoms with van der Waals surface area (Å²) in [5.74, 6) is -0.277. The van der Waals surface area contributed by atoms with Crippen molar-refractivity contribution in [2.75, 3.05) is 121 Å². The van der Waals surface area contributed by atoms with E-state index in [0.29, 0.717) is 52.9 Å². The molecule has 0 heterocycles. The fourth-order valence-electron chi connectivity index (χ4n) is 10.3. The maximum absolute atomic E-state index is 12.9. The molecule has 10 heteroatoms. The highest BCUT2D eigenvalue weighted by atomic mass is 16.5. The van der Waals surface area contributed by atoms with Crippen LogP contribution in [0.4, 0.5) is 0 Å². The molecule has 0 aliphatic rings. The van der Waals surface area contributed by atoms with E-state index in [0.717, 1.165) is 97.1 Å². The average molecular weight is 1040 g/mol. The topological polar surface area (TPSA) is 82.1 Å². The molecule has 0 saturated heterocycles. The Kier molecular flexibility index (Phi) is 48.6. The molecule has 0 atom stereocenters. The van der Waals surface area contributed by atoms with Crippen LogP contribution in [0, 0.1) is 0 Å². The number of ether oxygens (including phenoxy) is 3. The first-order valence-corrected chi connectivity index (χ1v) is 31.8. The molecule has 0 aromatic carbocycles. The minimum absolute atomic E-state index is 0.0925. The maximum atomic E-state index is 12.9. The standard InChI is InChI=1S/C63H129N4O6/c1-10-13-16-19-22-25-28-31-34-37-40-43-55-71-61(68)58-65(4,5)52-46-49-64(50-47-53-66(6,7)59-62(69)72-56-44-41-38-35-32-29-26-23-20-17-14-11-2)51-48-54-67(8,9)60-63(70)73-57-45-42-39-36-33-30-27-24-21-18-15-12-3/h10-60H2,1-9H3/q+3. The first-order valence-electron chi connectivity index (χ1n) is 31.8. The number of carbonyl (C=O) groups is 3. The molecule has 0 rings (SSSR count). The molecule has 0 fully saturated rings. The monoisotopic (exact) mass is 1040 g/mol. The summed E-state index contributed by atoms with van der Waals surface area (Å²) in [5.41, 5.74) is 0. The lowest BCUT2D eigenvalue weighted by atomic mass is 10.1. The lowest BCUT2D eigenvalue weighted by Gasteiger charge is -2.32. The average Bonchev–Trinajstić information content (AvgIpc) is 3.32. The Balaban J connectivity index is 4.83. The zero-order valence-corrected chi connectivity index (χ0v) is 50.8. The summed E-state index contributed by atoms with van der Waals surface area (Å²) in [7, 11) is 12.9. The molecular weight excluding hydrogens is 909 g/mol. The van der Waals surface area contributed by atoms with Gasteiger partial charge in [-0.15, -0.1) is 0 Å². The third kappa shape index (κ3) is 52.1. The Bertz CT molecular complexity index is 1100. The quantitative estimate of drug-likeness (QED) is 0.0260. The van der Waals surface area contributed by atoms with Crippen molar-refractivity contribution in [3.8, 4) is 0 Å². The molecule has 0 radical (unpaired) electrons. The van der Waals surface area contributed by atoms with Crippen molar-refractivity contribution in [1.29, 1.82) is 0 Å². The van der Waals surface area contributed by atoms with Crippen LogP contribution in [-0.2, 0) is 28.6 Å². The first-order chi connectivity index (χ1) is 35.1. The molecule has 0 saturated carbocycles. The highest BCUT2D eigenvalue weighted by molar-refractivity contribution is 5.71. The van der Waals surface area contributed by atoms with Crippen molar-refractivity contribution in [2.45, 2.75) is 271 Å². The van der Waals surface area contributed by atoms with E-state index in [4.69, 9.17) is 14.2 Å². The van der Waals surface area contributed by atoms with E-state index in [1.807, 2.05) is 0 Å². The zero-order chi connectivity index (χ0) is 54.0. The number of unbranched alkanes of at least 4 members (excludes halogenated alkanes) is 33. The molecule has 0 spiro atoms. The second kappa shape index (κ2) is 49.8. The van der Waals surface area contributed by atoms with Crippen LogP contribution in [0.2, 0.25) is 0 Å². The molecule has 73 heavy (non-hydrogen) atoms. The van der Waals surface area contributed by atoms with Crippen molar-refractivity contribution in [1.82, 2.24) is 4.90 Å². The molecule has 10 nitrogen and oxygen atoms in total. The maximum Gasteiger partial charge on any atom is 0.361 e. The fraction of sp³-hybridized carbons (Fsp3) is 0.952. The van der Waals surface area contributed by atoms with Crippen LogP contribution in [0.1, 0.15) is 271 Å². The van der Waals surface area contributed by atoms with E-state index >= 15 is 0 Å². The fourth-order valence-corrected chi connectivity index (χ4v) is 10.3. The largest absolute Gasteiger partial charge is 0.462 e. The number of esters is 3. The SMILES string of the molecule is CCCCCCCCCCCCCCOC(=O)C[N+](C)(C)CCCN(CCC[N+](C)(C)CC(=O)OCCCCCCCCCCCCCC)CCC[N+](C)(C)CC(=O)OCCCCCCCCCCCCCC. The lowest BCUT2D eigenvalue weighted by molar-refractivity contribution is -0.883. The van der Waals surface area contributed by atoms with Gasteiger partial charge in [-0.3, -0.25) is 0 Å². The third-order valence-corrected chi connectivity index (χ3v) is 15.2. The summed E-state index contributed by atoms with van der Waals surface area (Å²) in [6.07, 6.45) is 49.6. The van der Waals surface area contributed by atoms with E-state index in [9.17, 15) is 14.4 Å². The van der Waals surface area contributed by atoms with Gasteiger partial charge in [0.2, 0.25) is 0 Å². The van der Waals surface area contributed by atoms with Gasteiger partial charge >= 0.3 is 17.9 Å². The van der Waals surface area contributed by atoms with Gasteiger partial charge in [0.25, 0.3) is 0 Å². The van der Waals surface area contributed by atoms with E-state index in [1.54, 1.807) is 0 Å². The van der Waals surface area contributed by atoms with Crippen LogP contribution >= 0.6 is 0 Å². The predicted molar refractivity (Wildman–Crippen MR) is 312 cm³/mol. The number of nitrogens with zero attached hydrogens (tertiary/aromatic N) is 4. The summed E-state index contributed by atoms with van der Waals surface area (Å²) in [6.45, 7) is 15.1. The van der Waals surface area contributed by atoms with Crippen LogP contribution < -0.4 is 0 Å². The second-order valence-electron chi connectivity index (χ2n) is 24.7. The Labute approximate surface area is 455 Å². The molecule has 0 aliphatic heterocycles. The Morgan fingerprint density at radius 3 is 0.644 bits per heavy atom. The number of likely N-dealkylation sites (N-methyl/N-ethyl adjacent to an activating group) is 3. The number of rotatable bonds is 57. The molecule has 0 bridgehead atoms. The van der Waals surface area contributed by atoms with E-state index < -0.39 is 0 Å². The molecule has 0 aliphatic carbocycles. The Morgan fingerprint density at radius 2 is 0.452 bits per heavy atom. The van der Waals surface area contributed by atoms with Crippen molar-refractivity contribution >= 4 is 17.9 Å². The minimum Gasteiger partial charge on any atom is -0.462 e. The minimum atomic E-state index is -0.0925. The highest BCUT2D eigenvalue weighted by Gasteiger charge is 2.25. The molecular formula is C63H129N4O6+3. The van der Waals surface area contributed by atoms with E-state index in [-0.39, 0.29) is 17.9 Å². The van der Waals surface area contributed by atoms with Gasteiger partial charge in [0, 0.05) is 38.9 Å². The van der Waals surface area contributed by atoms with Gasteiger partial charge in [-0.25, -0.2) is 14.4 Å². The normalized spacial score (nSPS) is 12.2. The van der Waals surface area contributed by atoms with Gasteiger partial charge in [0.05, 0.1) is 81.7 Å².